The van der Waals surface area contributed by atoms with Crippen molar-refractivity contribution < 1.29 is 23.7 Å². The molecular formula is C21H23NO5. The van der Waals surface area contributed by atoms with Gasteiger partial charge in [0.05, 0.1) is 6.04 Å². The molecular weight excluding hydrogens is 346 g/mol. The highest BCUT2D eigenvalue weighted by molar-refractivity contribution is 5.76. The van der Waals surface area contributed by atoms with E-state index in [0.717, 1.165) is 34.1 Å². The summed E-state index contributed by atoms with van der Waals surface area (Å²) in [4.78, 5) is 12.4. The van der Waals surface area contributed by atoms with Crippen LogP contribution in [0.25, 0.3) is 0 Å². The fraction of sp³-hybridized carbons (Fsp3) is 0.381. The van der Waals surface area contributed by atoms with E-state index in [9.17, 15) is 4.79 Å². The van der Waals surface area contributed by atoms with Crippen molar-refractivity contribution >= 4 is 5.91 Å². The smallest absolute Gasteiger partial charge is 0.220 e. The van der Waals surface area contributed by atoms with Gasteiger partial charge in [0.15, 0.2) is 23.0 Å². The van der Waals surface area contributed by atoms with Crippen LogP contribution in [0.2, 0.25) is 0 Å². The first-order valence-corrected chi connectivity index (χ1v) is 9.26. The normalized spacial score (nSPS) is 15.7. The van der Waals surface area contributed by atoms with Gasteiger partial charge < -0.3 is 24.3 Å². The van der Waals surface area contributed by atoms with E-state index >= 15 is 0 Å². The number of hydrogen-bond donors (Lipinski definition) is 1. The molecule has 0 fully saturated rings. The van der Waals surface area contributed by atoms with E-state index < -0.39 is 0 Å². The Hall–Kier alpha value is -2.89. The van der Waals surface area contributed by atoms with Gasteiger partial charge in [-0.15, -0.1) is 0 Å². The summed E-state index contributed by atoms with van der Waals surface area (Å²) in [6.07, 6.45) is 1.06. The molecule has 2 aromatic carbocycles. The fourth-order valence-electron chi connectivity index (χ4n) is 3.23. The average Bonchev–Trinajstić information content (AvgIpc) is 2.71. The van der Waals surface area contributed by atoms with Gasteiger partial charge in [0.1, 0.15) is 26.4 Å². The van der Waals surface area contributed by atoms with Crippen molar-refractivity contribution in [3.8, 4) is 23.0 Å². The molecule has 2 aliphatic rings. The van der Waals surface area contributed by atoms with Gasteiger partial charge >= 0.3 is 0 Å². The summed E-state index contributed by atoms with van der Waals surface area (Å²) < 4.78 is 22.3. The number of rotatable bonds is 5. The molecule has 0 saturated carbocycles. The van der Waals surface area contributed by atoms with Gasteiger partial charge in [0, 0.05) is 6.42 Å². The van der Waals surface area contributed by atoms with Crippen molar-refractivity contribution in [3.05, 3.63) is 47.5 Å². The zero-order valence-corrected chi connectivity index (χ0v) is 15.3. The largest absolute Gasteiger partial charge is 0.486 e. The molecule has 2 aromatic rings. The standard InChI is InChI=1S/C21H23NO5/c1-14(16-4-6-18-20(13-16)27-11-9-25-18)22-21(23)7-3-15-2-5-17-19(12-15)26-10-8-24-17/h2,4-6,12-14H,3,7-11H2,1H3,(H,22,23)/t14-/m1/s1. The monoisotopic (exact) mass is 369 g/mol. The average molecular weight is 369 g/mol. The Morgan fingerprint density at radius 2 is 1.48 bits per heavy atom. The van der Waals surface area contributed by atoms with E-state index in [1.165, 1.54) is 0 Å². The van der Waals surface area contributed by atoms with Crippen molar-refractivity contribution in [1.29, 1.82) is 0 Å². The van der Waals surface area contributed by atoms with Gasteiger partial charge in [-0.2, -0.15) is 0 Å². The number of carbonyl (C=O) groups is 1. The number of amides is 1. The predicted octanol–water partition coefficient (Wildman–Crippen LogP) is 3.04. The zero-order valence-electron chi connectivity index (χ0n) is 15.3. The van der Waals surface area contributed by atoms with Crippen LogP contribution in [0.3, 0.4) is 0 Å². The molecule has 1 N–H and O–H groups in total. The maximum absolute atomic E-state index is 12.4. The van der Waals surface area contributed by atoms with E-state index in [4.69, 9.17) is 18.9 Å². The molecule has 6 nitrogen and oxygen atoms in total. The Morgan fingerprint density at radius 1 is 0.889 bits per heavy atom. The van der Waals surface area contributed by atoms with Crippen LogP contribution in [0.5, 0.6) is 23.0 Å². The van der Waals surface area contributed by atoms with Gasteiger partial charge in [-0.3, -0.25) is 4.79 Å². The summed E-state index contributed by atoms with van der Waals surface area (Å²) in [7, 11) is 0. The summed E-state index contributed by atoms with van der Waals surface area (Å²) in [6.45, 7) is 4.22. The summed E-state index contributed by atoms with van der Waals surface area (Å²) in [5.74, 6) is 3.01. The maximum atomic E-state index is 12.4. The SMILES string of the molecule is C[C@@H](NC(=O)CCc1ccc2c(c1)OCCO2)c1ccc2c(c1)OCCO2. The zero-order chi connectivity index (χ0) is 18.6. The molecule has 2 heterocycles. The quantitative estimate of drug-likeness (QED) is 0.878. The van der Waals surface area contributed by atoms with Gasteiger partial charge in [-0.1, -0.05) is 12.1 Å². The molecule has 0 radical (unpaired) electrons. The summed E-state index contributed by atoms with van der Waals surface area (Å²) in [5.41, 5.74) is 2.05. The van der Waals surface area contributed by atoms with Crippen LogP contribution in [0.4, 0.5) is 0 Å². The molecule has 2 aliphatic heterocycles. The number of benzene rings is 2. The molecule has 0 unspecified atom stereocenters. The first-order valence-electron chi connectivity index (χ1n) is 9.26. The van der Waals surface area contributed by atoms with Crippen LogP contribution in [-0.4, -0.2) is 32.3 Å². The van der Waals surface area contributed by atoms with Crippen molar-refractivity contribution in [2.75, 3.05) is 26.4 Å². The lowest BCUT2D eigenvalue weighted by molar-refractivity contribution is -0.121. The lowest BCUT2D eigenvalue weighted by atomic mass is 10.1. The third-order valence-electron chi connectivity index (χ3n) is 4.69. The Labute approximate surface area is 158 Å². The number of carbonyl (C=O) groups excluding carboxylic acids is 1. The summed E-state index contributed by atoms with van der Waals surface area (Å²) >= 11 is 0. The minimum Gasteiger partial charge on any atom is -0.486 e. The van der Waals surface area contributed by atoms with Gasteiger partial charge in [-0.05, 0) is 48.7 Å². The molecule has 27 heavy (non-hydrogen) atoms. The molecule has 0 aromatic heterocycles. The molecule has 0 spiro atoms. The first-order chi connectivity index (χ1) is 13.2. The minimum absolute atomic E-state index is 0.00674. The van der Waals surface area contributed by atoms with E-state index in [1.807, 2.05) is 43.3 Å². The van der Waals surface area contributed by atoms with Crippen LogP contribution in [-0.2, 0) is 11.2 Å². The van der Waals surface area contributed by atoms with Crippen LogP contribution in [0.1, 0.15) is 30.5 Å². The topological polar surface area (TPSA) is 66.0 Å². The lowest BCUT2D eigenvalue weighted by Crippen LogP contribution is -2.27. The number of hydrogen-bond acceptors (Lipinski definition) is 5. The number of fused-ring (bicyclic) bond motifs is 2. The van der Waals surface area contributed by atoms with Crippen molar-refractivity contribution in [1.82, 2.24) is 5.32 Å². The van der Waals surface area contributed by atoms with Gasteiger partial charge in [0.25, 0.3) is 0 Å². The Kier molecular flexibility index (Phi) is 5.05. The second-order valence-corrected chi connectivity index (χ2v) is 6.67. The van der Waals surface area contributed by atoms with E-state index in [0.29, 0.717) is 39.3 Å². The minimum atomic E-state index is -0.103. The molecule has 4 rings (SSSR count). The molecule has 1 atom stereocenters. The third-order valence-corrected chi connectivity index (χ3v) is 4.69. The molecule has 142 valence electrons. The van der Waals surface area contributed by atoms with Crippen LogP contribution in [0.15, 0.2) is 36.4 Å². The summed E-state index contributed by atoms with van der Waals surface area (Å²) in [6, 6.07) is 11.5. The van der Waals surface area contributed by atoms with Crippen LogP contribution < -0.4 is 24.3 Å². The maximum Gasteiger partial charge on any atom is 0.220 e. The number of ether oxygens (including phenoxy) is 4. The second-order valence-electron chi connectivity index (χ2n) is 6.67. The molecule has 0 bridgehead atoms. The highest BCUT2D eigenvalue weighted by atomic mass is 16.6. The molecule has 0 saturated heterocycles. The predicted molar refractivity (Wildman–Crippen MR) is 99.7 cm³/mol. The molecule has 1 amide bonds. The fourth-order valence-corrected chi connectivity index (χ4v) is 3.23. The second kappa shape index (κ2) is 7.78. The van der Waals surface area contributed by atoms with E-state index in [-0.39, 0.29) is 11.9 Å². The summed E-state index contributed by atoms with van der Waals surface area (Å²) in [5, 5.41) is 3.04. The number of aryl methyl sites for hydroxylation is 1. The number of nitrogens with one attached hydrogen (secondary N) is 1. The highest BCUT2D eigenvalue weighted by Crippen LogP contribution is 2.33. The van der Waals surface area contributed by atoms with Crippen molar-refractivity contribution in [2.24, 2.45) is 0 Å². The molecule has 6 heteroatoms. The Morgan fingerprint density at radius 3 is 2.19 bits per heavy atom. The van der Waals surface area contributed by atoms with Gasteiger partial charge in [-0.25, -0.2) is 0 Å². The van der Waals surface area contributed by atoms with Gasteiger partial charge in [0.2, 0.25) is 5.91 Å². The first kappa shape index (κ1) is 17.5. The Balaban J connectivity index is 1.32. The van der Waals surface area contributed by atoms with Crippen molar-refractivity contribution in [2.45, 2.75) is 25.8 Å². The molecule has 0 aliphatic carbocycles. The highest BCUT2D eigenvalue weighted by Gasteiger charge is 2.16. The van der Waals surface area contributed by atoms with Crippen LogP contribution in [0, 0.1) is 0 Å². The van der Waals surface area contributed by atoms with Crippen LogP contribution >= 0.6 is 0 Å². The van der Waals surface area contributed by atoms with E-state index in [2.05, 4.69) is 5.32 Å². The Bertz CT molecular complexity index is 835. The third kappa shape index (κ3) is 4.10. The van der Waals surface area contributed by atoms with Crippen molar-refractivity contribution in [3.63, 3.8) is 0 Å². The lowest BCUT2D eigenvalue weighted by Gasteiger charge is -2.21. The van der Waals surface area contributed by atoms with E-state index in [1.54, 1.807) is 0 Å².